The number of aliphatic hydroxyl groups is 1. The molecule has 1 aliphatic rings. The van der Waals surface area contributed by atoms with Gasteiger partial charge in [0.2, 0.25) is 0 Å². The van der Waals surface area contributed by atoms with E-state index in [2.05, 4.69) is 16.8 Å². The first-order chi connectivity index (χ1) is 11.9. The molecule has 25 heavy (non-hydrogen) atoms. The number of carbonyl (C=O) groups is 1. The van der Waals surface area contributed by atoms with Crippen molar-refractivity contribution in [3.63, 3.8) is 0 Å². The van der Waals surface area contributed by atoms with Gasteiger partial charge in [-0.15, -0.1) is 0 Å². The molecule has 3 rings (SSSR count). The number of amides is 1. The molecule has 1 aromatic heterocycles. The lowest BCUT2D eigenvalue weighted by molar-refractivity contribution is -0.00219. The lowest BCUT2D eigenvalue weighted by atomic mass is 9.94. The molecule has 1 fully saturated rings. The zero-order chi connectivity index (χ0) is 17.9. The summed E-state index contributed by atoms with van der Waals surface area (Å²) in [6.45, 7) is 2.84. The van der Waals surface area contributed by atoms with Gasteiger partial charge in [-0.1, -0.05) is 17.9 Å². The van der Waals surface area contributed by atoms with Crippen molar-refractivity contribution in [3.05, 3.63) is 65.2 Å². The quantitative estimate of drug-likeness (QED) is 0.813. The Morgan fingerprint density at radius 2 is 1.92 bits per heavy atom. The van der Waals surface area contributed by atoms with Gasteiger partial charge < -0.3 is 10.0 Å². The molecule has 1 amide bonds. The van der Waals surface area contributed by atoms with E-state index in [1.807, 2.05) is 0 Å². The second-order valence-electron chi connectivity index (χ2n) is 6.48. The summed E-state index contributed by atoms with van der Waals surface area (Å²) < 4.78 is 13.1. The Morgan fingerprint density at radius 1 is 1.20 bits per heavy atom. The number of halogens is 1. The summed E-state index contributed by atoms with van der Waals surface area (Å²) >= 11 is 0. The summed E-state index contributed by atoms with van der Waals surface area (Å²) in [5, 5.41) is 9.96. The summed E-state index contributed by atoms with van der Waals surface area (Å²) in [5.74, 6) is 5.31. The van der Waals surface area contributed by atoms with Crippen LogP contribution in [0.5, 0.6) is 0 Å². The van der Waals surface area contributed by atoms with E-state index in [1.54, 1.807) is 42.3 Å². The number of benzene rings is 1. The van der Waals surface area contributed by atoms with E-state index < -0.39 is 5.60 Å². The Bertz CT molecular complexity index is 825. The van der Waals surface area contributed by atoms with E-state index >= 15 is 0 Å². The van der Waals surface area contributed by atoms with Crippen molar-refractivity contribution in [1.29, 1.82) is 0 Å². The molecule has 4 nitrogen and oxygen atoms in total. The van der Waals surface area contributed by atoms with Crippen LogP contribution in [0.15, 0.2) is 42.6 Å². The first-order valence-corrected chi connectivity index (χ1v) is 8.18. The summed E-state index contributed by atoms with van der Waals surface area (Å²) in [4.78, 5) is 18.3. The van der Waals surface area contributed by atoms with E-state index in [0.29, 0.717) is 42.8 Å². The molecular formula is C20H19FN2O2. The van der Waals surface area contributed by atoms with Gasteiger partial charge >= 0.3 is 0 Å². The average molecular weight is 338 g/mol. The molecule has 0 aliphatic carbocycles. The molecule has 2 aromatic rings. The van der Waals surface area contributed by atoms with Crippen LogP contribution in [0.4, 0.5) is 4.39 Å². The average Bonchev–Trinajstić information content (AvgIpc) is 2.60. The van der Waals surface area contributed by atoms with Gasteiger partial charge in [0.05, 0.1) is 5.60 Å². The van der Waals surface area contributed by atoms with Crippen LogP contribution in [0.25, 0.3) is 0 Å². The van der Waals surface area contributed by atoms with Crippen molar-refractivity contribution in [2.45, 2.75) is 25.4 Å². The standard InChI is InChI=1S/C20H19FN2O2/c1-20(25)9-11-23(12-10-20)19(24)18-8-7-16(14-22-18)6-5-15-3-2-4-17(21)13-15/h2-4,7-8,13-14,25H,9-12H2,1H3. The van der Waals surface area contributed by atoms with Crippen LogP contribution in [0.2, 0.25) is 0 Å². The molecule has 1 aliphatic heterocycles. The van der Waals surface area contributed by atoms with Crippen molar-refractivity contribution < 1.29 is 14.3 Å². The summed E-state index contributed by atoms with van der Waals surface area (Å²) in [5.41, 5.74) is 0.904. The summed E-state index contributed by atoms with van der Waals surface area (Å²) in [6.07, 6.45) is 2.67. The predicted molar refractivity (Wildman–Crippen MR) is 92.4 cm³/mol. The van der Waals surface area contributed by atoms with Crippen molar-refractivity contribution >= 4 is 5.91 Å². The maximum atomic E-state index is 13.1. The Morgan fingerprint density at radius 3 is 2.56 bits per heavy atom. The minimum absolute atomic E-state index is 0.139. The fourth-order valence-electron chi connectivity index (χ4n) is 2.66. The number of rotatable bonds is 1. The van der Waals surface area contributed by atoms with E-state index in [-0.39, 0.29) is 11.7 Å². The van der Waals surface area contributed by atoms with Crippen LogP contribution in [0, 0.1) is 17.7 Å². The van der Waals surface area contributed by atoms with Crippen LogP contribution < -0.4 is 0 Å². The van der Waals surface area contributed by atoms with Gasteiger partial charge in [-0.2, -0.15) is 0 Å². The number of likely N-dealkylation sites (tertiary alicyclic amines) is 1. The fourth-order valence-corrected chi connectivity index (χ4v) is 2.66. The topological polar surface area (TPSA) is 53.4 Å². The van der Waals surface area contributed by atoms with Gasteiger partial charge in [-0.05, 0) is 50.1 Å². The molecule has 128 valence electrons. The third-order valence-electron chi connectivity index (χ3n) is 4.29. The highest BCUT2D eigenvalue weighted by atomic mass is 19.1. The minimum Gasteiger partial charge on any atom is -0.390 e. The van der Waals surface area contributed by atoms with Crippen molar-refractivity contribution in [2.75, 3.05) is 13.1 Å². The highest BCUT2D eigenvalue weighted by Crippen LogP contribution is 2.22. The van der Waals surface area contributed by atoms with E-state index in [9.17, 15) is 14.3 Å². The number of carbonyl (C=O) groups excluding carboxylic acids is 1. The van der Waals surface area contributed by atoms with E-state index in [4.69, 9.17) is 0 Å². The minimum atomic E-state index is -0.694. The van der Waals surface area contributed by atoms with Gasteiger partial charge in [-0.25, -0.2) is 9.37 Å². The molecule has 0 spiro atoms. The third kappa shape index (κ3) is 4.43. The summed E-state index contributed by atoms with van der Waals surface area (Å²) in [6, 6.07) is 9.44. The Balaban J connectivity index is 1.67. The van der Waals surface area contributed by atoms with Crippen molar-refractivity contribution in [3.8, 4) is 11.8 Å². The monoisotopic (exact) mass is 338 g/mol. The smallest absolute Gasteiger partial charge is 0.272 e. The molecule has 1 saturated heterocycles. The zero-order valence-electron chi connectivity index (χ0n) is 14.0. The third-order valence-corrected chi connectivity index (χ3v) is 4.29. The van der Waals surface area contributed by atoms with E-state index in [0.717, 1.165) is 0 Å². The molecule has 2 heterocycles. The molecule has 5 heteroatoms. The molecule has 1 N–H and O–H groups in total. The molecule has 0 saturated carbocycles. The second kappa shape index (κ2) is 7.04. The SMILES string of the molecule is CC1(O)CCN(C(=O)c2ccc(C#Cc3cccc(F)c3)cn2)CC1. The van der Waals surface area contributed by atoms with Gasteiger partial charge in [0.25, 0.3) is 5.91 Å². The number of piperidine rings is 1. The van der Waals surface area contributed by atoms with E-state index in [1.165, 1.54) is 12.1 Å². The van der Waals surface area contributed by atoms with Gasteiger partial charge in [0, 0.05) is 30.4 Å². The van der Waals surface area contributed by atoms with Crippen LogP contribution >= 0.6 is 0 Å². The largest absolute Gasteiger partial charge is 0.390 e. The molecule has 0 radical (unpaired) electrons. The maximum Gasteiger partial charge on any atom is 0.272 e. The van der Waals surface area contributed by atoms with Gasteiger partial charge in [0.1, 0.15) is 11.5 Å². The van der Waals surface area contributed by atoms with Crippen LogP contribution in [0.1, 0.15) is 41.4 Å². The molecule has 0 bridgehead atoms. The molecular weight excluding hydrogens is 319 g/mol. The lowest BCUT2D eigenvalue weighted by Crippen LogP contribution is -2.45. The van der Waals surface area contributed by atoms with Gasteiger partial charge in [-0.3, -0.25) is 4.79 Å². The number of aromatic nitrogens is 1. The number of hydrogen-bond acceptors (Lipinski definition) is 3. The maximum absolute atomic E-state index is 13.1. The Hall–Kier alpha value is -2.71. The normalized spacial score (nSPS) is 16.0. The molecule has 0 unspecified atom stereocenters. The van der Waals surface area contributed by atoms with Crippen LogP contribution in [-0.2, 0) is 0 Å². The predicted octanol–water partition coefficient (Wildman–Crippen LogP) is 2.61. The second-order valence-corrected chi connectivity index (χ2v) is 6.48. The van der Waals surface area contributed by atoms with Crippen LogP contribution in [-0.4, -0.2) is 39.6 Å². The number of nitrogens with zero attached hydrogens (tertiary/aromatic N) is 2. The summed E-state index contributed by atoms with van der Waals surface area (Å²) in [7, 11) is 0. The first kappa shape index (κ1) is 17.1. The highest BCUT2D eigenvalue weighted by molar-refractivity contribution is 5.92. The number of pyridine rings is 1. The van der Waals surface area contributed by atoms with Gasteiger partial charge in [0.15, 0.2) is 0 Å². The lowest BCUT2D eigenvalue weighted by Gasteiger charge is -2.35. The molecule has 1 aromatic carbocycles. The fraction of sp³-hybridized carbons (Fsp3) is 0.300. The Kier molecular flexibility index (Phi) is 4.82. The first-order valence-electron chi connectivity index (χ1n) is 8.18. The highest BCUT2D eigenvalue weighted by Gasteiger charge is 2.30. The molecule has 0 atom stereocenters. The number of hydrogen-bond donors (Lipinski definition) is 1. The van der Waals surface area contributed by atoms with Crippen LogP contribution in [0.3, 0.4) is 0 Å². The Labute approximate surface area is 146 Å². The van der Waals surface area contributed by atoms with Crippen molar-refractivity contribution in [1.82, 2.24) is 9.88 Å². The van der Waals surface area contributed by atoms with Crippen molar-refractivity contribution in [2.24, 2.45) is 0 Å². The zero-order valence-corrected chi connectivity index (χ0v) is 14.0.